The van der Waals surface area contributed by atoms with E-state index in [1.165, 1.54) is 0 Å². The van der Waals surface area contributed by atoms with Gasteiger partial charge in [-0.1, -0.05) is 30.3 Å². The number of hydrogen-bond acceptors (Lipinski definition) is 3. The van der Waals surface area contributed by atoms with Crippen molar-refractivity contribution in [2.45, 2.75) is 26.3 Å². The maximum atomic E-state index is 12.7. The summed E-state index contributed by atoms with van der Waals surface area (Å²) in [7, 11) is 0. The van der Waals surface area contributed by atoms with Crippen LogP contribution < -0.4 is 0 Å². The maximum absolute atomic E-state index is 12.7. The van der Waals surface area contributed by atoms with E-state index >= 15 is 0 Å². The first-order valence-electron chi connectivity index (χ1n) is 7.04. The topological polar surface area (TPSA) is 53.3 Å². The van der Waals surface area contributed by atoms with E-state index in [4.69, 9.17) is 4.74 Å². The molecule has 0 aromatic heterocycles. The van der Waals surface area contributed by atoms with Crippen molar-refractivity contribution >= 4 is 5.91 Å². The van der Waals surface area contributed by atoms with E-state index in [9.17, 15) is 10.1 Å². The highest BCUT2D eigenvalue weighted by molar-refractivity contribution is 5.85. The van der Waals surface area contributed by atoms with E-state index < -0.39 is 5.41 Å². The highest BCUT2D eigenvalue weighted by Crippen LogP contribution is 2.32. The summed E-state index contributed by atoms with van der Waals surface area (Å²) in [5.41, 5.74) is 0.186. The summed E-state index contributed by atoms with van der Waals surface area (Å²) < 4.78 is 5.29. The zero-order valence-electron chi connectivity index (χ0n) is 11.8. The van der Waals surface area contributed by atoms with E-state index in [0.29, 0.717) is 39.1 Å². The second-order valence-electron chi connectivity index (χ2n) is 5.11. The van der Waals surface area contributed by atoms with Gasteiger partial charge in [-0.05, 0) is 25.3 Å². The number of rotatable bonds is 4. The number of benzene rings is 1. The van der Waals surface area contributed by atoms with Crippen LogP contribution in [0.5, 0.6) is 0 Å². The normalized spacial score (nSPS) is 17.2. The molecule has 2 rings (SSSR count). The quantitative estimate of drug-likeness (QED) is 0.845. The van der Waals surface area contributed by atoms with E-state index in [1.54, 1.807) is 4.90 Å². The molecule has 0 bridgehead atoms. The smallest absolute Gasteiger partial charge is 0.243 e. The minimum absolute atomic E-state index is 0.0605. The third kappa shape index (κ3) is 3.00. The minimum Gasteiger partial charge on any atom is -0.381 e. The zero-order valence-corrected chi connectivity index (χ0v) is 11.8. The molecule has 0 spiro atoms. The number of carbonyl (C=O) groups is 1. The van der Waals surface area contributed by atoms with Crippen LogP contribution in [0.2, 0.25) is 0 Å². The van der Waals surface area contributed by atoms with Gasteiger partial charge in [0.15, 0.2) is 0 Å². The summed E-state index contributed by atoms with van der Waals surface area (Å²) >= 11 is 0. The monoisotopic (exact) mass is 272 g/mol. The first-order chi connectivity index (χ1) is 9.72. The Morgan fingerprint density at radius 2 is 2.00 bits per heavy atom. The van der Waals surface area contributed by atoms with Crippen molar-refractivity contribution in [1.29, 1.82) is 5.26 Å². The van der Waals surface area contributed by atoms with Gasteiger partial charge in [0.25, 0.3) is 0 Å². The summed E-state index contributed by atoms with van der Waals surface area (Å²) in [4.78, 5) is 14.5. The molecule has 106 valence electrons. The standard InChI is InChI=1S/C16H20N2O2/c1-2-18(12-14-6-4-3-5-7-14)15(19)16(13-17)8-10-20-11-9-16/h3-7H,2,8-12H2,1H3. The van der Waals surface area contributed by atoms with Crippen molar-refractivity contribution in [3.8, 4) is 6.07 Å². The van der Waals surface area contributed by atoms with Crippen molar-refractivity contribution in [2.24, 2.45) is 5.41 Å². The Hall–Kier alpha value is -1.86. The van der Waals surface area contributed by atoms with Crippen molar-refractivity contribution < 1.29 is 9.53 Å². The van der Waals surface area contributed by atoms with Crippen LogP contribution in [0.25, 0.3) is 0 Å². The number of nitriles is 1. The second kappa shape index (κ2) is 6.53. The third-order valence-corrected chi connectivity index (χ3v) is 3.85. The Labute approximate surface area is 120 Å². The predicted molar refractivity (Wildman–Crippen MR) is 75.6 cm³/mol. The van der Waals surface area contributed by atoms with Crippen LogP contribution in [0.15, 0.2) is 30.3 Å². The number of carbonyl (C=O) groups excluding carboxylic acids is 1. The highest BCUT2D eigenvalue weighted by atomic mass is 16.5. The Balaban J connectivity index is 2.14. The van der Waals surface area contributed by atoms with Gasteiger partial charge in [-0.25, -0.2) is 0 Å². The van der Waals surface area contributed by atoms with Crippen LogP contribution in [0.3, 0.4) is 0 Å². The summed E-state index contributed by atoms with van der Waals surface area (Å²) in [5, 5.41) is 9.47. The Bertz CT molecular complexity index is 487. The lowest BCUT2D eigenvalue weighted by atomic mass is 9.80. The average Bonchev–Trinajstić information content (AvgIpc) is 2.53. The van der Waals surface area contributed by atoms with E-state index in [-0.39, 0.29) is 5.91 Å². The Kier molecular flexibility index (Phi) is 4.75. The molecule has 1 aromatic rings. The highest BCUT2D eigenvalue weighted by Gasteiger charge is 2.42. The van der Waals surface area contributed by atoms with Crippen LogP contribution in [-0.4, -0.2) is 30.6 Å². The zero-order chi connectivity index (χ0) is 14.4. The second-order valence-corrected chi connectivity index (χ2v) is 5.11. The van der Waals surface area contributed by atoms with E-state index in [0.717, 1.165) is 5.56 Å². The fourth-order valence-corrected chi connectivity index (χ4v) is 2.53. The third-order valence-electron chi connectivity index (χ3n) is 3.85. The predicted octanol–water partition coefficient (Wildman–Crippen LogP) is 2.36. The van der Waals surface area contributed by atoms with E-state index in [2.05, 4.69) is 6.07 Å². The Morgan fingerprint density at radius 3 is 2.55 bits per heavy atom. The lowest BCUT2D eigenvalue weighted by molar-refractivity contribution is -0.143. The maximum Gasteiger partial charge on any atom is 0.243 e. The van der Waals surface area contributed by atoms with Gasteiger partial charge >= 0.3 is 0 Å². The minimum atomic E-state index is -0.900. The Morgan fingerprint density at radius 1 is 1.35 bits per heavy atom. The number of ether oxygens (including phenoxy) is 1. The summed E-state index contributed by atoms with van der Waals surface area (Å²) in [6, 6.07) is 12.1. The fourth-order valence-electron chi connectivity index (χ4n) is 2.53. The van der Waals surface area contributed by atoms with E-state index in [1.807, 2.05) is 37.3 Å². The lowest BCUT2D eigenvalue weighted by Gasteiger charge is -2.34. The molecule has 0 saturated carbocycles. The van der Waals surface area contributed by atoms with Crippen LogP contribution >= 0.6 is 0 Å². The first kappa shape index (κ1) is 14.5. The van der Waals surface area contributed by atoms with Gasteiger partial charge in [0.2, 0.25) is 5.91 Å². The van der Waals surface area contributed by atoms with Gasteiger partial charge in [-0.2, -0.15) is 5.26 Å². The fraction of sp³-hybridized carbons (Fsp3) is 0.500. The molecule has 1 heterocycles. The molecule has 1 aliphatic rings. The molecule has 20 heavy (non-hydrogen) atoms. The van der Waals surface area contributed by atoms with Crippen molar-refractivity contribution in [3.63, 3.8) is 0 Å². The van der Waals surface area contributed by atoms with Gasteiger partial charge in [0.1, 0.15) is 5.41 Å². The van der Waals surface area contributed by atoms with Gasteiger partial charge in [-0.15, -0.1) is 0 Å². The van der Waals surface area contributed by atoms with Crippen LogP contribution in [0.1, 0.15) is 25.3 Å². The summed E-state index contributed by atoms with van der Waals surface area (Å²) in [6.07, 6.45) is 0.987. The molecule has 1 amide bonds. The summed E-state index contributed by atoms with van der Waals surface area (Å²) in [5.74, 6) is -0.0605. The van der Waals surface area contributed by atoms with Crippen LogP contribution in [-0.2, 0) is 16.1 Å². The van der Waals surface area contributed by atoms with Crippen molar-refractivity contribution in [2.75, 3.05) is 19.8 Å². The molecule has 0 radical (unpaired) electrons. The number of hydrogen-bond donors (Lipinski definition) is 0. The van der Waals surface area contributed by atoms with Crippen LogP contribution in [0, 0.1) is 16.7 Å². The molecule has 4 nitrogen and oxygen atoms in total. The van der Waals surface area contributed by atoms with Crippen LogP contribution in [0.4, 0.5) is 0 Å². The van der Waals surface area contributed by atoms with Gasteiger partial charge in [0, 0.05) is 26.3 Å². The van der Waals surface area contributed by atoms with Crippen molar-refractivity contribution in [3.05, 3.63) is 35.9 Å². The molecule has 0 N–H and O–H groups in total. The SMILES string of the molecule is CCN(Cc1ccccc1)C(=O)C1(C#N)CCOCC1. The number of nitrogens with zero attached hydrogens (tertiary/aromatic N) is 2. The molecule has 1 fully saturated rings. The average molecular weight is 272 g/mol. The molecule has 1 aromatic carbocycles. The first-order valence-corrected chi connectivity index (χ1v) is 7.04. The molecule has 0 atom stereocenters. The molecular weight excluding hydrogens is 252 g/mol. The molecule has 1 saturated heterocycles. The molecule has 1 aliphatic heterocycles. The van der Waals surface area contributed by atoms with Gasteiger partial charge in [0.05, 0.1) is 6.07 Å². The van der Waals surface area contributed by atoms with Gasteiger partial charge in [-0.3, -0.25) is 4.79 Å². The largest absolute Gasteiger partial charge is 0.381 e. The molecular formula is C16H20N2O2. The van der Waals surface area contributed by atoms with Gasteiger partial charge < -0.3 is 9.64 Å². The summed E-state index contributed by atoms with van der Waals surface area (Å²) in [6.45, 7) is 4.09. The molecule has 4 heteroatoms. The number of amides is 1. The van der Waals surface area contributed by atoms with Crippen molar-refractivity contribution in [1.82, 2.24) is 4.90 Å². The molecule has 0 unspecified atom stereocenters. The lowest BCUT2D eigenvalue weighted by Crippen LogP contribution is -2.45. The molecule has 0 aliphatic carbocycles.